The third-order valence-electron chi connectivity index (χ3n) is 3.21. The van der Waals surface area contributed by atoms with E-state index in [0.717, 1.165) is 16.7 Å². The van der Waals surface area contributed by atoms with Gasteiger partial charge in [-0.1, -0.05) is 12.1 Å². The van der Waals surface area contributed by atoms with Gasteiger partial charge in [0.1, 0.15) is 11.3 Å². The molecular weight excluding hydrogens is 264 g/mol. The normalized spacial score (nSPS) is 10.5. The molecule has 0 radical (unpaired) electrons. The van der Waals surface area contributed by atoms with E-state index >= 15 is 0 Å². The van der Waals surface area contributed by atoms with Crippen LogP contribution in [-0.2, 0) is 0 Å². The molecule has 0 atom stereocenters. The molecule has 1 heterocycles. The number of nitrogen functional groups attached to an aromatic ring is 1. The van der Waals surface area contributed by atoms with Crippen LogP contribution in [-0.4, -0.2) is 16.2 Å². The number of nitrogens with zero attached hydrogens (tertiary/aromatic N) is 3. The molecule has 0 aliphatic rings. The number of nitrogens with two attached hydrogens (primary N) is 1. The quantitative estimate of drug-likeness (QED) is 0.799. The molecule has 0 aliphatic carbocycles. The third kappa shape index (κ3) is 2.17. The first kappa shape index (κ1) is 13.0. The van der Waals surface area contributed by atoms with Crippen LogP contribution in [0.25, 0.3) is 16.7 Å². The highest BCUT2D eigenvalue weighted by atomic mass is 16.5. The maximum absolute atomic E-state index is 9.03. The van der Waals surface area contributed by atoms with Crippen LogP contribution in [0.1, 0.15) is 12.5 Å². The first-order chi connectivity index (χ1) is 10.2. The fraction of sp³-hybridized carbons (Fsp3) is 0.125. The molecule has 5 heteroatoms. The highest BCUT2D eigenvalue weighted by Crippen LogP contribution is 2.29. The number of aromatic nitrogens is 2. The van der Waals surface area contributed by atoms with Crippen molar-refractivity contribution in [2.45, 2.75) is 6.92 Å². The van der Waals surface area contributed by atoms with Gasteiger partial charge in [0.2, 0.25) is 5.95 Å². The monoisotopic (exact) mass is 278 g/mol. The SMILES string of the molecule is CCOc1cccc2c1nc(N)n2-c1cccc(C#N)c1. The zero-order valence-electron chi connectivity index (χ0n) is 11.6. The van der Waals surface area contributed by atoms with E-state index in [-0.39, 0.29) is 0 Å². The second-order valence-corrected chi connectivity index (χ2v) is 4.52. The second-order valence-electron chi connectivity index (χ2n) is 4.52. The molecule has 0 aliphatic heterocycles. The number of imidazole rings is 1. The Morgan fingerprint density at radius 1 is 1.29 bits per heavy atom. The number of hydrogen-bond acceptors (Lipinski definition) is 4. The van der Waals surface area contributed by atoms with Crippen molar-refractivity contribution in [1.29, 1.82) is 5.26 Å². The Morgan fingerprint density at radius 3 is 2.86 bits per heavy atom. The highest BCUT2D eigenvalue weighted by Gasteiger charge is 2.13. The molecule has 0 saturated heterocycles. The summed E-state index contributed by atoms with van der Waals surface area (Å²) in [6, 6.07) is 15.1. The summed E-state index contributed by atoms with van der Waals surface area (Å²) >= 11 is 0. The van der Waals surface area contributed by atoms with Crippen LogP contribution in [0.5, 0.6) is 5.75 Å². The standard InChI is InChI=1S/C16H14N4O/c1-2-21-14-8-4-7-13-15(14)19-16(18)20(13)12-6-3-5-11(9-12)10-17/h3-9H,2H2,1H3,(H2,18,19). The van der Waals surface area contributed by atoms with Gasteiger partial charge in [-0.25, -0.2) is 4.98 Å². The van der Waals surface area contributed by atoms with E-state index < -0.39 is 0 Å². The van der Waals surface area contributed by atoms with Crippen molar-refractivity contribution in [3.8, 4) is 17.5 Å². The molecule has 2 N–H and O–H groups in total. The number of nitriles is 1. The maximum atomic E-state index is 9.03. The summed E-state index contributed by atoms with van der Waals surface area (Å²) in [7, 11) is 0. The fourth-order valence-electron chi connectivity index (χ4n) is 2.35. The first-order valence-electron chi connectivity index (χ1n) is 6.65. The van der Waals surface area contributed by atoms with Gasteiger partial charge in [0.05, 0.1) is 29.4 Å². The van der Waals surface area contributed by atoms with E-state index in [1.807, 2.05) is 41.8 Å². The van der Waals surface area contributed by atoms with Gasteiger partial charge in [0.25, 0.3) is 0 Å². The molecule has 0 spiro atoms. The fourth-order valence-corrected chi connectivity index (χ4v) is 2.35. The van der Waals surface area contributed by atoms with Gasteiger partial charge in [0, 0.05) is 0 Å². The Kier molecular flexibility index (Phi) is 3.20. The molecule has 2 aromatic carbocycles. The maximum Gasteiger partial charge on any atom is 0.206 e. The van der Waals surface area contributed by atoms with Gasteiger partial charge in [-0.3, -0.25) is 4.57 Å². The lowest BCUT2D eigenvalue weighted by atomic mass is 10.2. The van der Waals surface area contributed by atoms with Gasteiger partial charge < -0.3 is 10.5 Å². The van der Waals surface area contributed by atoms with Gasteiger partial charge >= 0.3 is 0 Å². The van der Waals surface area contributed by atoms with Crippen molar-refractivity contribution < 1.29 is 4.74 Å². The summed E-state index contributed by atoms with van der Waals surface area (Å²) in [5.41, 5.74) is 9.02. The number of hydrogen-bond donors (Lipinski definition) is 1. The average Bonchev–Trinajstić information content (AvgIpc) is 2.85. The Bertz CT molecular complexity index is 845. The van der Waals surface area contributed by atoms with Crippen LogP contribution < -0.4 is 10.5 Å². The smallest absolute Gasteiger partial charge is 0.206 e. The lowest BCUT2D eigenvalue weighted by Crippen LogP contribution is -2.00. The van der Waals surface area contributed by atoms with Crippen molar-refractivity contribution in [3.63, 3.8) is 0 Å². The number of anilines is 1. The van der Waals surface area contributed by atoms with E-state index in [0.29, 0.717) is 23.9 Å². The summed E-state index contributed by atoms with van der Waals surface area (Å²) in [5, 5.41) is 9.03. The largest absolute Gasteiger partial charge is 0.492 e. The van der Waals surface area contributed by atoms with E-state index in [4.69, 9.17) is 15.7 Å². The van der Waals surface area contributed by atoms with Crippen molar-refractivity contribution in [2.24, 2.45) is 0 Å². The molecule has 0 bridgehead atoms. The van der Waals surface area contributed by atoms with Gasteiger partial charge in [-0.15, -0.1) is 0 Å². The molecule has 104 valence electrons. The Hall–Kier alpha value is -3.00. The molecular formula is C16H14N4O. The Labute approximate surface area is 122 Å². The minimum Gasteiger partial charge on any atom is -0.492 e. The number of benzene rings is 2. The summed E-state index contributed by atoms with van der Waals surface area (Å²) in [4.78, 5) is 4.40. The summed E-state index contributed by atoms with van der Waals surface area (Å²) in [5.74, 6) is 1.07. The number of fused-ring (bicyclic) bond motifs is 1. The Balaban J connectivity index is 2.25. The number of para-hydroxylation sites is 1. The molecule has 0 unspecified atom stereocenters. The van der Waals surface area contributed by atoms with Gasteiger partial charge in [0.15, 0.2) is 0 Å². The van der Waals surface area contributed by atoms with Gasteiger partial charge in [-0.05, 0) is 37.3 Å². The van der Waals surface area contributed by atoms with E-state index in [2.05, 4.69) is 11.1 Å². The van der Waals surface area contributed by atoms with Crippen LogP contribution >= 0.6 is 0 Å². The lowest BCUT2D eigenvalue weighted by Gasteiger charge is -2.07. The van der Waals surface area contributed by atoms with Crippen LogP contribution in [0.15, 0.2) is 42.5 Å². The summed E-state index contributed by atoms with van der Waals surface area (Å²) < 4.78 is 7.40. The topological polar surface area (TPSA) is 76.9 Å². The van der Waals surface area contributed by atoms with Crippen molar-refractivity contribution in [2.75, 3.05) is 12.3 Å². The molecule has 5 nitrogen and oxygen atoms in total. The van der Waals surface area contributed by atoms with E-state index in [9.17, 15) is 0 Å². The Morgan fingerprint density at radius 2 is 2.10 bits per heavy atom. The minimum atomic E-state index is 0.368. The van der Waals surface area contributed by atoms with Crippen LogP contribution in [0.3, 0.4) is 0 Å². The van der Waals surface area contributed by atoms with Crippen LogP contribution in [0.4, 0.5) is 5.95 Å². The lowest BCUT2D eigenvalue weighted by molar-refractivity contribution is 0.344. The summed E-state index contributed by atoms with van der Waals surface area (Å²) in [6.07, 6.45) is 0. The molecule has 3 aromatic rings. The van der Waals surface area contributed by atoms with Gasteiger partial charge in [-0.2, -0.15) is 5.26 Å². The van der Waals surface area contributed by atoms with Crippen LogP contribution in [0.2, 0.25) is 0 Å². The zero-order valence-corrected chi connectivity index (χ0v) is 11.6. The molecule has 21 heavy (non-hydrogen) atoms. The highest BCUT2D eigenvalue weighted by molar-refractivity contribution is 5.86. The van der Waals surface area contributed by atoms with Crippen molar-refractivity contribution in [1.82, 2.24) is 9.55 Å². The predicted octanol–water partition coefficient (Wildman–Crippen LogP) is 2.88. The zero-order chi connectivity index (χ0) is 14.8. The molecule has 0 saturated carbocycles. The average molecular weight is 278 g/mol. The molecule has 0 fully saturated rings. The molecule has 1 aromatic heterocycles. The second kappa shape index (κ2) is 5.17. The minimum absolute atomic E-state index is 0.368. The van der Waals surface area contributed by atoms with Crippen molar-refractivity contribution >= 4 is 17.0 Å². The molecule has 0 amide bonds. The predicted molar refractivity (Wildman–Crippen MR) is 81.4 cm³/mol. The van der Waals surface area contributed by atoms with E-state index in [1.54, 1.807) is 12.1 Å². The number of rotatable bonds is 3. The van der Waals surface area contributed by atoms with E-state index in [1.165, 1.54) is 0 Å². The first-order valence-corrected chi connectivity index (χ1v) is 6.65. The summed E-state index contributed by atoms with van der Waals surface area (Å²) in [6.45, 7) is 2.49. The van der Waals surface area contributed by atoms with Crippen LogP contribution in [0, 0.1) is 11.3 Å². The molecule has 3 rings (SSSR count). The van der Waals surface area contributed by atoms with Crippen molar-refractivity contribution in [3.05, 3.63) is 48.0 Å². The number of ether oxygens (including phenoxy) is 1. The third-order valence-corrected chi connectivity index (χ3v) is 3.21.